The highest BCUT2D eigenvalue weighted by Gasteiger charge is 2.08. The molecule has 0 bridgehead atoms. The average Bonchev–Trinajstić information content (AvgIpc) is 2.56. The summed E-state index contributed by atoms with van der Waals surface area (Å²) in [6.45, 7) is 1.54. The summed E-state index contributed by atoms with van der Waals surface area (Å²) in [5, 5.41) is 5.96. The summed E-state index contributed by atoms with van der Waals surface area (Å²) in [7, 11) is 1.90. The van der Waals surface area contributed by atoms with Crippen LogP contribution >= 0.6 is 0 Å². The molecule has 1 aromatic heterocycles. The van der Waals surface area contributed by atoms with E-state index in [1.54, 1.807) is 12.1 Å². The number of fused-ring (bicyclic) bond motifs is 2. The molecule has 1 heterocycles. The molecule has 0 aliphatic carbocycles. The predicted octanol–water partition coefficient (Wildman–Crippen LogP) is 2.12. The molecule has 2 N–H and O–H groups in total. The second-order valence-electron chi connectivity index (χ2n) is 5.13. The molecule has 0 unspecified atom stereocenters. The normalized spacial score (nSPS) is 11.0. The standard InChI is InChI=1S/C17H18N4O/c1-18-9-4-10-19-17(22)12-7-8-15-16(11-12)21-14-6-3-2-5-13(14)20-15/h2-3,5-8,11,18H,4,9-10H2,1H3,(H,19,22). The van der Waals surface area contributed by atoms with Crippen molar-refractivity contribution in [2.45, 2.75) is 6.42 Å². The summed E-state index contributed by atoms with van der Waals surface area (Å²) in [6, 6.07) is 13.2. The maximum atomic E-state index is 12.1. The Morgan fingerprint density at radius 2 is 1.64 bits per heavy atom. The van der Waals surface area contributed by atoms with Crippen LogP contribution in [0.15, 0.2) is 42.5 Å². The van der Waals surface area contributed by atoms with E-state index in [1.807, 2.05) is 37.4 Å². The summed E-state index contributed by atoms with van der Waals surface area (Å²) in [4.78, 5) is 21.3. The van der Waals surface area contributed by atoms with Crippen molar-refractivity contribution >= 4 is 28.0 Å². The van der Waals surface area contributed by atoms with E-state index in [0.717, 1.165) is 35.0 Å². The van der Waals surface area contributed by atoms with Gasteiger partial charge in [-0.3, -0.25) is 4.79 Å². The molecule has 0 atom stereocenters. The third-order valence-corrected chi connectivity index (χ3v) is 3.49. The zero-order chi connectivity index (χ0) is 15.4. The molecule has 22 heavy (non-hydrogen) atoms. The first-order valence-corrected chi connectivity index (χ1v) is 7.37. The van der Waals surface area contributed by atoms with Crippen LogP contribution in [-0.4, -0.2) is 36.0 Å². The molecule has 3 rings (SSSR count). The number of rotatable bonds is 5. The number of hydrogen-bond acceptors (Lipinski definition) is 4. The molecule has 2 aromatic carbocycles. The van der Waals surface area contributed by atoms with E-state index < -0.39 is 0 Å². The zero-order valence-electron chi connectivity index (χ0n) is 12.5. The van der Waals surface area contributed by atoms with Gasteiger partial charge >= 0.3 is 0 Å². The van der Waals surface area contributed by atoms with Gasteiger partial charge in [0.1, 0.15) is 0 Å². The Labute approximate surface area is 128 Å². The fraction of sp³-hybridized carbons (Fsp3) is 0.235. The van der Waals surface area contributed by atoms with Gasteiger partial charge < -0.3 is 10.6 Å². The van der Waals surface area contributed by atoms with E-state index >= 15 is 0 Å². The number of amides is 1. The van der Waals surface area contributed by atoms with E-state index in [4.69, 9.17) is 0 Å². The summed E-state index contributed by atoms with van der Waals surface area (Å²) in [6.07, 6.45) is 0.903. The molecule has 112 valence electrons. The largest absolute Gasteiger partial charge is 0.352 e. The number of nitrogens with one attached hydrogen (secondary N) is 2. The lowest BCUT2D eigenvalue weighted by Crippen LogP contribution is -2.26. The van der Waals surface area contributed by atoms with Crippen molar-refractivity contribution in [1.29, 1.82) is 0 Å². The quantitative estimate of drug-likeness (QED) is 0.559. The zero-order valence-corrected chi connectivity index (χ0v) is 12.5. The van der Waals surface area contributed by atoms with Gasteiger partial charge in [0.15, 0.2) is 0 Å². The average molecular weight is 294 g/mol. The second-order valence-corrected chi connectivity index (χ2v) is 5.13. The molecule has 1 amide bonds. The fourth-order valence-corrected chi connectivity index (χ4v) is 2.33. The van der Waals surface area contributed by atoms with Crippen LogP contribution in [0.2, 0.25) is 0 Å². The van der Waals surface area contributed by atoms with Gasteiger partial charge in [-0.25, -0.2) is 9.97 Å². The van der Waals surface area contributed by atoms with Crippen molar-refractivity contribution < 1.29 is 4.79 Å². The number of nitrogens with zero attached hydrogens (tertiary/aromatic N) is 2. The third-order valence-electron chi connectivity index (χ3n) is 3.49. The highest BCUT2D eigenvalue weighted by molar-refractivity contribution is 5.98. The van der Waals surface area contributed by atoms with Crippen molar-refractivity contribution in [3.05, 3.63) is 48.0 Å². The molecule has 5 nitrogen and oxygen atoms in total. The van der Waals surface area contributed by atoms with Gasteiger partial charge in [0.25, 0.3) is 5.91 Å². The first-order valence-electron chi connectivity index (χ1n) is 7.37. The Morgan fingerprint density at radius 1 is 0.955 bits per heavy atom. The van der Waals surface area contributed by atoms with Crippen LogP contribution in [0, 0.1) is 0 Å². The molecule has 0 saturated heterocycles. The molecule has 0 spiro atoms. The van der Waals surface area contributed by atoms with Crippen LogP contribution < -0.4 is 10.6 Å². The molecule has 0 aliphatic rings. The van der Waals surface area contributed by atoms with E-state index in [9.17, 15) is 4.79 Å². The lowest BCUT2D eigenvalue weighted by Gasteiger charge is -2.06. The van der Waals surface area contributed by atoms with Crippen molar-refractivity contribution in [2.24, 2.45) is 0 Å². The SMILES string of the molecule is CNCCCNC(=O)c1ccc2nc3ccccc3nc2c1. The predicted molar refractivity (Wildman–Crippen MR) is 87.9 cm³/mol. The minimum Gasteiger partial charge on any atom is -0.352 e. The van der Waals surface area contributed by atoms with Gasteiger partial charge in [0.05, 0.1) is 22.1 Å². The second kappa shape index (κ2) is 6.49. The number of carbonyl (C=O) groups is 1. The number of aromatic nitrogens is 2. The molecule has 5 heteroatoms. The van der Waals surface area contributed by atoms with Gasteiger partial charge in [0, 0.05) is 12.1 Å². The Hall–Kier alpha value is -2.53. The molecule has 3 aromatic rings. The maximum absolute atomic E-state index is 12.1. The first-order chi connectivity index (χ1) is 10.8. The Morgan fingerprint density at radius 3 is 2.36 bits per heavy atom. The Bertz CT molecular complexity index is 816. The Kier molecular flexibility index (Phi) is 4.25. The van der Waals surface area contributed by atoms with Crippen molar-refractivity contribution in [1.82, 2.24) is 20.6 Å². The lowest BCUT2D eigenvalue weighted by atomic mass is 10.1. The van der Waals surface area contributed by atoms with Crippen LogP contribution in [0.5, 0.6) is 0 Å². The van der Waals surface area contributed by atoms with Gasteiger partial charge in [-0.2, -0.15) is 0 Å². The molecule has 0 saturated carbocycles. The maximum Gasteiger partial charge on any atom is 0.251 e. The van der Waals surface area contributed by atoms with Crippen molar-refractivity contribution in [2.75, 3.05) is 20.1 Å². The van der Waals surface area contributed by atoms with Crippen LogP contribution in [0.3, 0.4) is 0 Å². The van der Waals surface area contributed by atoms with Crippen LogP contribution in [0.25, 0.3) is 22.1 Å². The summed E-state index contributed by atoms with van der Waals surface area (Å²) in [5.41, 5.74) is 3.84. The molecular weight excluding hydrogens is 276 g/mol. The highest BCUT2D eigenvalue weighted by Crippen LogP contribution is 2.17. The minimum absolute atomic E-state index is 0.0760. The van der Waals surface area contributed by atoms with Gasteiger partial charge in [-0.1, -0.05) is 12.1 Å². The third kappa shape index (κ3) is 3.04. The van der Waals surface area contributed by atoms with Crippen molar-refractivity contribution in [3.63, 3.8) is 0 Å². The first kappa shape index (κ1) is 14.4. The van der Waals surface area contributed by atoms with Crippen LogP contribution in [0.4, 0.5) is 0 Å². The number of hydrogen-bond donors (Lipinski definition) is 2. The Balaban J connectivity index is 1.85. The molecule has 0 fully saturated rings. The lowest BCUT2D eigenvalue weighted by molar-refractivity contribution is 0.0953. The van der Waals surface area contributed by atoms with Crippen LogP contribution in [0.1, 0.15) is 16.8 Å². The number of benzene rings is 2. The monoisotopic (exact) mass is 294 g/mol. The molecule has 0 radical (unpaired) electrons. The summed E-state index contributed by atoms with van der Waals surface area (Å²) in [5.74, 6) is -0.0760. The van der Waals surface area contributed by atoms with Gasteiger partial charge in [-0.15, -0.1) is 0 Å². The van der Waals surface area contributed by atoms with Crippen LogP contribution in [-0.2, 0) is 0 Å². The summed E-state index contributed by atoms with van der Waals surface area (Å²) >= 11 is 0. The van der Waals surface area contributed by atoms with E-state index in [2.05, 4.69) is 20.6 Å². The molecule has 0 aliphatic heterocycles. The number of carbonyl (C=O) groups excluding carboxylic acids is 1. The van der Waals surface area contributed by atoms with Gasteiger partial charge in [0.2, 0.25) is 0 Å². The van der Waals surface area contributed by atoms with E-state index in [1.165, 1.54) is 0 Å². The van der Waals surface area contributed by atoms with Crippen molar-refractivity contribution in [3.8, 4) is 0 Å². The summed E-state index contributed by atoms with van der Waals surface area (Å²) < 4.78 is 0. The number of para-hydroxylation sites is 2. The fourth-order valence-electron chi connectivity index (χ4n) is 2.33. The molecular formula is C17H18N4O. The highest BCUT2D eigenvalue weighted by atomic mass is 16.1. The minimum atomic E-state index is -0.0760. The van der Waals surface area contributed by atoms with Gasteiger partial charge in [-0.05, 0) is 50.3 Å². The van der Waals surface area contributed by atoms with E-state index in [0.29, 0.717) is 12.1 Å². The topological polar surface area (TPSA) is 66.9 Å². The smallest absolute Gasteiger partial charge is 0.251 e. The van der Waals surface area contributed by atoms with E-state index in [-0.39, 0.29) is 5.91 Å².